The Labute approximate surface area is 372 Å². The van der Waals surface area contributed by atoms with E-state index in [4.69, 9.17) is 14.2 Å². The van der Waals surface area contributed by atoms with Crippen LogP contribution in [0.25, 0.3) is 0 Å². The molecular weight excluding hydrogens is 741 g/mol. The first kappa shape index (κ1) is 57.3. The molecule has 1 unspecified atom stereocenters. The van der Waals surface area contributed by atoms with E-state index in [1.165, 1.54) is 103 Å². The molecule has 0 aromatic carbocycles. The van der Waals surface area contributed by atoms with Crippen molar-refractivity contribution >= 4 is 11.9 Å². The summed E-state index contributed by atoms with van der Waals surface area (Å²) in [4.78, 5) is 25.3. The summed E-state index contributed by atoms with van der Waals surface area (Å²) in [5, 5.41) is 0. The Balaban J connectivity index is 4.29. The van der Waals surface area contributed by atoms with Crippen molar-refractivity contribution in [3.63, 3.8) is 0 Å². The second-order valence-corrected chi connectivity index (χ2v) is 16.7. The van der Waals surface area contributed by atoms with Gasteiger partial charge in [0.25, 0.3) is 0 Å². The average molecular weight is 837 g/mol. The molecule has 0 aromatic rings. The molecule has 0 aromatic heterocycles. The van der Waals surface area contributed by atoms with Gasteiger partial charge in [-0.15, -0.1) is 0 Å². The van der Waals surface area contributed by atoms with E-state index in [0.29, 0.717) is 19.4 Å². The van der Waals surface area contributed by atoms with Crippen LogP contribution in [0.1, 0.15) is 239 Å². The monoisotopic (exact) mass is 837 g/mol. The number of carbonyl (C=O) groups is 2. The maximum atomic E-state index is 12.8. The summed E-state index contributed by atoms with van der Waals surface area (Å²) in [5.74, 6) is -0.461. The first-order valence-electron chi connectivity index (χ1n) is 25.5. The molecule has 1 atom stereocenters. The molecule has 0 aliphatic rings. The minimum absolute atomic E-state index is 0.0579. The highest BCUT2D eigenvalue weighted by Gasteiger charge is 2.17. The summed E-state index contributed by atoms with van der Waals surface area (Å²) in [5.41, 5.74) is 0. The van der Waals surface area contributed by atoms with E-state index in [1.54, 1.807) is 0 Å². The molecule has 0 spiro atoms. The Morgan fingerprint density at radius 1 is 0.383 bits per heavy atom. The first-order chi connectivity index (χ1) is 29.6. The molecule has 0 radical (unpaired) electrons. The highest BCUT2D eigenvalue weighted by Crippen LogP contribution is 2.15. The minimum Gasteiger partial charge on any atom is -0.462 e. The normalized spacial score (nSPS) is 12.8. The van der Waals surface area contributed by atoms with Crippen molar-refractivity contribution in [3.05, 3.63) is 72.9 Å². The number of carbonyl (C=O) groups excluding carboxylic acids is 2. The molecule has 0 saturated heterocycles. The lowest BCUT2D eigenvalue weighted by molar-refractivity contribution is -0.163. The van der Waals surface area contributed by atoms with Gasteiger partial charge in [0.15, 0.2) is 6.10 Å². The first-order valence-corrected chi connectivity index (χ1v) is 25.5. The van der Waals surface area contributed by atoms with E-state index in [-0.39, 0.29) is 25.2 Å². The Kier molecular flexibility index (Phi) is 48.4. The molecule has 5 heteroatoms. The van der Waals surface area contributed by atoms with Gasteiger partial charge in [0, 0.05) is 19.4 Å². The van der Waals surface area contributed by atoms with Gasteiger partial charge in [0.2, 0.25) is 0 Å². The fraction of sp³-hybridized carbons (Fsp3) is 0.745. The summed E-state index contributed by atoms with van der Waals surface area (Å²) in [7, 11) is 0. The van der Waals surface area contributed by atoms with Gasteiger partial charge >= 0.3 is 11.9 Å². The van der Waals surface area contributed by atoms with E-state index in [0.717, 1.165) is 103 Å². The average Bonchev–Trinajstić information content (AvgIpc) is 3.25. The van der Waals surface area contributed by atoms with Gasteiger partial charge in [-0.1, -0.05) is 216 Å². The Morgan fingerprint density at radius 2 is 0.750 bits per heavy atom. The largest absolute Gasteiger partial charge is 0.462 e. The van der Waals surface area contributed by atoms with Gasteiger partial charge < -0.3 is 14.2 Å². The van der Waals surface area contributed by atoms with Crippen LogP contribution in [0, 0.1) is 0 Å². The van der Waals surface area contributed by atoms with Crippen molar-refractivity contribution in [2.45, 2.75) is 245 Å². The smallest absolute Gasteiger partial charge is 0.306 e. The summed E-state index contributed by atoms with van der Waals surface area (Å²) in [6.07, 6.45) is 64.9. The molecule has 0 bridgehead atoms. The number of ether oxygens (including phenoxy) is 3. The van der Waals surface area contributed by atoms with E-state index in [1.807, 2.05) is 0 Å². The summed E-state index contributed by atoms with van der Waals surface area (Å²) >= 11 is 0. The van der Waals surface area contributed by atoms with Crippen LogP contribution in [0.15, 0.2) is 72.9 Å². The topological polar surface area (TPSA) is 61.8 Å². The van der Waals surface area contributed by atoms with Crippen LogP contribution < -0.4 is 0 Å². The summed E-state index contributed by atoms with van der Waals surface area (Å²) in [6, 6.07) is 0. The molecule has 0 fully saturated rings. The number of unbranched alkanes of at least 4 members (excludes halogenated alkanes) is 23. The Hall–Kier alpha value is -2.66. The third kappa shape index (κ3) is 48.0. The number of hydrogen-bond acceptors (Lipinski definition) is 5. The van der Waals surface area contributed by atoms with E-state index < -0.39 is 6.10 Å². The van der Waals surface area contributed by atoms with Crippen molar-refractivity contribution in [1.82, 2.24) is 0 Å². The van der Waals surface area contributed by atoms with Crippen LogP contribution in [0.3, 0.4) is 0 Å². The van der Waals surface area contributed by atoms with Crippen molar-refractivity contribution in [1.29, 1.82) is 0 Å². The fourth-order valence-corrected chi connectivity index (χ4v) is 7.01. The van der Waals surface area contributed by atoms with Crippen LogP contribution in [0.2, 0.25) is 0 Å². The summed E-state index contributed by atoms with van der Waals surface area (Å²) in [6.45, 7) is 7.56. The third-order valence-corrected chi connectivity index (χ3v) is 10.7. The zero-order valence-corrected chi connectivity index (χ0v) is 39.7. The van der Waals surface area contributed by atoms with Crippen molar-refractivity contribution in [3.8, 4) is 0 Å². The molecule has 0 rings (SSSR count). The van der Waals surface area contributed by atoms with Gasteiger partial charge in [0.1, 0.15) is 6.61 Å². The van der Waals surface area contributed by atoms with Crippen molar-refractivity contribution in [2.75, 3.05) is 19.8 Å². The van der Waals surface area contributed by atoms with Crippen molar-refractivity contribution in [2.24, 2.45) is 0 Å². The molecule has 346 valence electrons. The Bertz CT molecular complexity index is 1080. The highest BCUT2D eigenvalue weighted by atomic mass is 16.6. The van der Waals surface area contributed by atoms with E-state index in [2.05, 4.69) is 93.7 Å². The molecule has 0 N–H and O–H groups in total. The maximum Gasteiger partial charge on any atom is 0.306 e. The fourth-order valence-electron chi connectivity index (χ4n) is 7.01. The van der Waals surface area contributed by atoms with Crippen LogP contribution in [-0.2, 0) is 23.8 Å². The molecular formula is C55H96O5. The Morgan fingerprint density at radius 3 is 1.18 bits per heavy atom. The number of hydrogen-bond donors (Lipinski definition) is 0. The van der Waals surface area contributed by atoms with Crippen LogP contribution in [0.4, 0.5) is 0 Å². The number of rotatable bonds is 46. The molecule has 5 nitrogen and oxygen atoms in total. The van der Waals surface area contributed by atoms with Crippen LogP contribution in [0.5, 0.6) is 0 Å². The SMILES string of the molecule is CC/C=C\C/C=C\C/C=C\CCCCCC(=O)OCC(COCCCCCCCCCCCCCCCCCCCC)OC(=O)CCCCC/C=C\C/C=C\C/C=C\CC. The molecule has 60 heavy (non-hydrogen) atoms. The number of allylic oxidation sites excluding steroid dienone is 12. The lowest BCUT2D eigenvalue weighted by Crippen LogP contribution is -2.30. The van der Waals surface area contributed by atoms with Gasteiger partial charge in [-0.05, 0) is 83.5 Å². The second-order valence-electron chi connectivity index (χ2n) is 16.7. The highest BCUT2D eigenvalue weighted by molar-refractivity contribution is 5.70. The predicted molar refractivity (Wildman–Crippen MR) is 260 cm³/mol. The minimum atomic E-state index is -0.563. The van der Waals surface area contributed by atoms with Crippen LogP contribution in [-0.4, -0.2) is 37.9 Å². The molecule has 0 heterocycles. The zero-order valence-electron chi connectivity index (χ0n) is 39.7. The molecule has 0 aliphatic heterocycles. The third-order valence-electron chi connectivity index (χ3n) is 10.7. The van der Waals surface area contributed by atoms with Gasteiger partial charge in [0.05, 0.1) is 6.61 Å². The quantitative estimate of drug-likeness (QED) is 0.0347. The van der Waals surface area contributed by atoms with E-state index in [9.17, 15) is 9.59 Å². The lowest BCUT2D eigenvalue weighted by atomic mass is 10.0. The van der Waals surface area contributed by atoms with Crippen LogP contribution >= 0.6 is 0 Å². The van der Waals surface area contributed by atoms with Gasteiger partial charge in [-0.25, -0.2) is 0 Å². The lowest BCUT2D eigenvalue weighted by Gasteiger charge is -2.18. The maximum absolute atomic E-state index is 12.8. The predicted octanol–water partition coefficient (Wildman–Crippen LogP) is 17.1. The van der Waals surface area contributed by atoms with Gasteiger partial charge in [-0.2, -0.15) is 0 Å². The molecule has 0 amide bonds. The van der Waals surface area contributed by atoms with E-state index >= 15 is 0 Å². The molecule has 0 saturated carbocycles. The standard InChI is InChI=1S/C55H96O5/c1-4-7-10-13-16-19-22-25-26-27-28-29-32-35-38-41-44-47-50-58-51-53(60-55(57)49-46-43-40-37-34-31-24-21-18-15-12-9-6-3)52-59-54(56)48-45-42-39-36-33-30-23-20-17-14-11-8-5-2/h8-9,11-12,17-18,20-21,30-31,33-34,53H,4-7,10,13-16,19,22-29,32,35-52H2,1-3H3/b11-8-,12-9-,20-17-,21-18-,33-30-,34-31-. The zero-order chi connectivity index (χ0) is 43.5. The summed E-state index contributed by atoms with van der Waals surface area (Å²) < 4.78 is 17.3. The molecule has 0 aliphatic carbocycles. The van der Waals surface area contributed by atoms with Gasteiger partial charge in [-0.3, -0.25) is 9.59 Å². The van der Waals surface area contributed by atoms with Crippen molar-refractivity contribution < 1.29 is 23.8 Å². The number of esters is 2. The second kappa shape index (κ2) is 50.7.